The summed E-state index contributed by atoms with van der Waals surface area (Å²) < 4.78 is 4.98. The first-order valence-electron chi connectivity index (χ1n) is 7.75. The third-order valence-corrected chi connectivity index (χ3v) is 2.94. The third kappa shape index (κ3) is 9.56. The average Bonchev–Trinajstić information content (AvgIpc) is 2.54. The number of ether oxygens (including phenoxy) is 1. The summed E-state index contributed by atoms with van der Waals surface area (Å²) in [6.45, 7) is 5.22. The van der Waals surface area contributed by atoms with Crippen LogP contribution in [-0.2, 0) is 4.74 Å². The van der Waals surface area contributed by atoms with Crippen LogP contribution in [0.1, 0.15) is 23.7 Å². The van der Waals surface area contributed by atoms with Crippen molar-refractivity contribution in [3.05, 3.63) is 29.8 Å². The molecule has 0 heterocycles. The lowest BCUT2D eigenvalue weighted by molar-refractivity contribution is 0.0953. The van der Waals surface area contributed by atoms with Gasteiger partial charge in [-0.1, -0.05) is 6.07 Å². The van der Waals surface area contributed by atoms with E-state index in [1.54, 1.807) is 19.2 Å². The van der Waals surface area contributed by atoms with E-state index in [0.29, 0.717) is 31.8 Å². The van der Waals surface area contributed by atoms with Crippen LogP contribution in [0.2, 0.25) is 0 Å². The number of nitrogens with zero attached hydrogens (tertiary/aromatic N) is 1. The Morgan fingerprint density at radius 3 is 2.71 bits per heavy atom. The molecular formula is C16H27IN4O3. The lowest BCUT2D eigenvalue weighted by Gasteiger charge is -2.10. The van der Waals surface area contributed by atoms with Crippen molar-refractivity contribution < 1.29 is 14.6 Å². The van der Waals surface area contributed by atoms with Crippen LogP contribution in [0.3, 0.4) is 0 Å². The van der Waals surface area contributed by atoms with Gasteiger partial charge in [-0.2, -0.15) is 0 Å². The minimum absolute atomic E-state index is 0. The van der Waals surface area contributed by atoms with Crippen LogP contribution in [0.4, 0.5) is 0 Å². The van der Waals surface area contributed by atoms with Crippen LogP contribution in [0.25, 0.3) is 0 Å². The number of carbonyl (C=O) groups excluding carboxylic acids is 1. The average molecular weight is 450 g/mol. The highest BCUT2D eigenvalue weighted by molar-refractivity contribution is 14.0. The van der Waals surface area contributed by atoms with E-state index in [-0.39, 0.29) is 35.6 Å². The molecule has 24 heavy (non-hydrogen) atoms. The summed E-state index contributed by atoms with van der Waals surface area (Å²) in [5.74, 6) is 0.624. The summed E-state index contributed by atoms with van der Waals surface area (Å²) in [5, 5.41) is 18.4. The van der Waals surface area contributed by atoms with Gasteiger partial charge < -0.3 is 25.8 Å². The summed E-state index contributed by atoms with van der Waals surface area (Å²) >= 11 is 0. The van der Waals surface area contributed by atoms with Gasteiger partial charge in [-0.25, -0.2) is 0 Å². The smallest absolute Gasteiger partial charge is 0.251 e. The second kappa shape index (κ2) is 13.8. The van der Waals surface area contributed by atoms with Crippen LogP contribution in [0.15, 0.2) is 29.3 Å². The lowest BCUT2D eigenvalue weighted by atomic mass is 10.2. The first-order valence-corrected chi connectivity index (χ1v) is 7.75. The Morgan fingerprint density at radius 1 is 1.25 bits per heavy atom. The molecule has 1 aromatic rings. The lowest BCUT2D eigenvalue weighted by Crippen LogP contribution is -2.39. The summed E-state index contributed by atoms with van der Waals surface area (Å²) in [7, 11) is 1.65. The number of amides is 1. The molecule has 1 rings (SSSR count). The quantitative estimate of drug-likeness (QED) is 0.197. The van der Waals surface area contributed by atoms with Crippen molar-refractivity contribution in [3.8, 4) is 5.75 Å². The fourth-order valence-electron chi connectivity index (χ4n) is 1.83. The number of nitrogens with one attached hydrogen (secondary N) is 3. The monoisotopic (exact) mass is 450 g/mol. The Balaban J connectivity index is 0.00000529. The highest BCUT2D eigenvalue weighted by Gasteiger charge is 2.04. The summed E-state index contributed by atoms with van der Waals surface area (Å²) in [4.78, 5) is 16.3. The van der Waals surface area contributed by atoms with Crippen LogP contribution in [0.5, 0.6) is 5.75 Å². The number of aromatic hydroxyl groups is 1. The fraction of sp³-hybridized carbons (Fsp3) is 0.500. The molecule has 136 valence electrons. The zero-order chi connectivity index (χ0) is 16.9. The van der Waals surface area contributed by atoms with Crippen molar-refractivity contribution in [1.82, 2.24) is 16.0 Å². The molecule has 7 nitrogen and oxygen atoms in total. The summed E-state index contributed by atoms with van der Waals surface area (Å²) in [5.41, 5.74) is 0.447. The Kier molecular flexibility index (Phi) is 13.0. The van der Waals surface area contributed by atoms with E-state index in [1.807, 2.05) is 6.92 Å². The van der Waals surface area contributed by atoms with Crippen molar-refractivity contribution >= 4 is 35.8 Å². The van der Waals surface area contributed by atoms with Crippen molar-refractivity contribution in [2.45, 2.75) is 13.3 Å². The number of guanidine groups is 1. The standard InChI is InChI=1S/C16H26N4O3.HI/c1-3-17-16(20-10-11-23-2)19-9-5-8-18-15(22)13-6-4-7-14(21)12-13;/h4,6-7,12,21H,3,5,8-11H2,1-2H3,(H,18,22)(H2,17,19,20);1H. The second-order valence-electron chi connectivity index (χ2n) is 4.84. The molecule has 0 aliphatic heterocycles. The second-order valence-corrected chi connectivity index (χ2v) is 4.84. The van der Waals surface area contributed by atoms with E-state index in [9.17, 15) is 9.90 Å². The number of rotatable bonds is 9. The van der Waals surface area contributed by atoms with Gasteiger partial charge in [0.15, 0.2) is 5.96 Å². The summed E-state index contributed by atoms with van der Waals surface area (Å²) in [6.07, 6.45) is 0.728. The van der Waals surface area contributed by atoms with Crippen LogP contribution >= 0.6 is 24.0 Å². The SMILES string of the molecule is CCNC(=NCCCNC(=O)c1cccc(O)c1)NCCOC.I. The van der Waals surface area contributed by atoms with Gasteiger partial charge in [-0.15, -0.1) is 24.0 Å². The molecule has 1 amide bonds. The van der Waals surface area contributed by atoms with Crippen molar-refractivity contribution in [2.75, 3.05) is 39.9 Å². The molecule has 0 saturated heterocycles. The molecule has 0 spiro atoms. The number of aliphatic imine (C=N–C) groups is 1. The van der Waals surface area contributed by atoms with Gasteiger partial charge in [0.2, 0.25) is 0 Å². The van der Waals surface area contributed by atoms with Crippen LogP contribution in [0, 0.1) is 0 Å². The molecule has 0 unspecified atom stereocenters. The van der Waals surface area contributed by atoms with Crippen molar-refractivity contribution in [3.63, 3.8) is 0 Å². The molecule has 8 heteroatoms. The first kappa shape index (κ1) is 22.4. The zero-order valence-electron chi connectivity index (χ0n) is 14.2. The molecule has 1 aromatic carbocycles. The Bertz CT molecular complexity index is 512. The number of carbonyl (C=O) groups is 1. The van der Waals surface area contributed by atoms with E-state index in [0.717, 1.165) is 18.9 Å². The van der Waals surface area contributed by atoms with Crippen molar-refractivity contribution in [1.29, 1.82) is 0 Å². The van der Waals surface area contributed by atoms with Crippen molar-refractivity contribution in [2.24, 2.45) is 4.99 Å². The minimum Gasteiger partial charge on any atom is -0.508 e. The third-order valence-electron chi connectivity index (χ3n) is 2.94. The Morgan fingerprint density at radius 2 is 2.04 bits per heavy atom. The maximum absolute atomic E-state index is 11.9. The van der Waals surface area contributed by atoms with Gasteiger partial charge in [0.25, 0.3) is 5.91 Å². The number of hydrogen-bond donors (Lipinski definition) is 4. The molecule has 0 saturated carbocycles. The van der Waals surface area contributed by atoms with Crippen LogP contribution in [-0.4, -0.2) is 56.9 Å². The molecule has 4 N–H and O–H groups in total. The predicted molar refractivity (Wildman–Crippen MR) is 106 cm³/mol. The van der Waals surface area contributed by atoms with E-state index >= 15 is 0 Å². The number of methoxy groups -OCH3 is 1. The maximum Gasteiger partial charge on any atom is 0.251 e. The van der Waals surface area contributed by atoms with Gasteiger partial charge in [-0.3, -0.25) is 9.79 Å². The number of phenolic OH excluding ortho intramolecular Hbond substituents is 1. The number of hydrogen-bond acceptors (Lipinski definition) is 4. The number of halogens is 1. The summed E-state index contributed by atoms with van der Waals surface area (Å²) in [6, 6.07) is 6.28. The topological polar surface area (TPSA) is 95.0 Å². The van der Waals surface area contributed by atoms with Crippen LogP contribution < -0.4 is 16.0 Å². The molecule has 0 radical (unpaired) electrons. The predicted octanol–water partition coefficient (Wildman–Crippen LogP) is 1.33. The normalized spacial score (nSPS) is 10.7. The maximum atomic E-state index is 11.9. The van der Waals surface area contributed by atoms with Gasteiger partial charge in [0.05, 0.1) is 6.61 Å². The fourth-order valence-corrected chi connectivity index (χ4v) is 1.83. The first-order chi connectivity index (χ1) is 11.2. The molecule has 0 aliphatic rings. The van der Waals surface area contributed by atoms with E-state index in [4.69, 9.17) is 4.74 Å². The van der Waals surface area contributed by atoms with E-state index < -0.39 is 0 Å². The largest absolute Gasteiger partial charge is 0.508 e. The molecule has 0 bridgehead atoms. The molecule has 0 fully saturated rings. The highest BCUT2D eigenvalue weighted by Crippen LogP contribution is 2.10. The van der Waals surface area contributed by atoms with Gasteiger partial charge in [0.1, 0.15) is 5.75 Å². The van der Waals surface area contributed by atoms with Gasteiger partial charge in [-0.05, 0) is 31.5 Å². The molecule has 0 aliphatic carbocycles. The Labute approximate surface area is 160 Å². The Hall–Kier alpha value is -1.55. The van der Waals surface area contributed by atoms with Gasteiger partial charge >= 0.3 is 0 Å². The zero-order valence-corrected chi connectivity index (χ0v) is 16.5. The number of phenols is 1. The molecule has 0 atom stereocenters. The van der Waals surface area contributed by atoms with E-state index in [1.165, 1.54) is 12.1 Å². The van der Waals surface area contributed by atoms with Gasteiger partial charge in [0, 0.05) is 38.9 Å². The van der Waals surface area contributed by atoms with E-state index in [2.05, 4.69) is 20.9 Å². The number of benzene rings is 1. The molecular weight excluding hydrogens is 423 g/mol. The minimum atomic E-state index is -0.199. The highest BCUT2D eigenvalue weighted by atomic mass is 127. The molecule has 0 aromatic heterocycles.